The number of anilines is 1. The van der Waals surface area contributed by atoms with Crippen LogP contribution in [0.2, 0.25) is 0 Å². The first-order valence-corrected chi connectivity index (χ1v) is 11.9. The molecule has 2 aromatic heterocycles. The fraction of sp³-hybridized carbons (Fsp3) is 0.174. The number of aromatic nitrogens is 6. The molecule has 5 rings (SSSR count). The summed E-state index contributed by atoms with van der Waals surface area (Å²) >= 11 is 6.77. The van der Waals surface area contributed by atoms with Gasteiger partial charge in [-0.3, -0.25) is 9.69 Å². The summed E-state index contributed by atoms with van der Waals surface area (Å²) < 4.78 is 0.567. The van der Waals surface area contributed by atoms with E-state index in [0.29, 0.717) is 39.7 Å². The minimum absolute atomic E-state index is 0.0776. The highest BCUT2D eigenvalue weighted by molar-refractivity contribution is 8.26. The minimum Gasteiger partial charge on any atom is -0.383 e. The average Bonchev–Trinajstić information content (AvgIpc) is 3.45. The summed E-state index contributed by atoms with van der Waals surface area (Å²) in [5, 5.41) is 14.7. The Balaban J connectivity index is 1.30. The first kappa shape index (κ1) is 22.1. The molecule has 0 spiro atoms. The zero-order valence-corrected chi connectivity index (χ0v) is 19.6. The van der Waals surface area contributed by atoms with Gasteiger partial charge in [-0.25, -0.2) is 9.97 Å². The first-order chi connectivity index (χ1) is 16.6. The number of rotatable bonds is 7. The Morgan fingerprint density at radius 1 is 1.12 bits per heavy atom. The number of hydrogen-bond donors (Lipinski definition) is 2. The third kappa shape index (κ3) is 4.66. The maximum atomic E-state index is 13.0. The first-order valence-electron chi connectivity index (χ1n) is 10.7. The third-order valence-electron chi connectivity index (χ3n) is 5.37. The maximum absolute atomic E-state index is 13.0. The summed E-state index contributed by atoms with van der Waals surface area (Å²) in [6, 6.07) is 15.4. The molecule has 11 heteroatoms. The number of hydrogen-bond acceptors (Lipinski definition) is 9. The van der Waals surface area contributed by atoms with Gasteiger partial charge in [0.1, 0.15) is 10.1 Å². The minimum atomic E-state index is -0.0776. The lowest BCUT2D eigenvalue weighted by molar-refractivity contribution is -0.122. The van der Waals surface area contributed by atoms with Crippen molar-refractivity contribution in [2.24, 2.45) is 0 Å². The van der Waals surface area contributed by atoms with E-state index in [1.807, 2.05) is 54.6 Å². The summed E-state index contributed by atoms with van der Waals surface area (Å²) in [7, 11) is 0. The van der Waals surface area contributed by atoms with E-state index < -0.39 is 0 Å². The number of thioether (sulfide) groups is 1. The number of aromatic amines is 1. The lowest BCUT2D eigenvalue weighted by Gasteiger charge is -2.13. The molecular formula is C23H20N8OS2. The number of nitrogen functional groups attached to an aromatic ring is 1. The molecule has 1 aliphatic rings. The predicted octanol–water partition coefficient (Wildman–Crippen LogP) is 3.62. The number of thiocarbonyl (C=S) groups is 1. The number of nitrogens with one attached hydrogen (secondary N) is 1. The number of benzene rings is 2. The molecule has 1 saturated heterocycles. The lowest BCUT2D eigenvalue weighted by atomic mass is 10.1. The van der Waals surface area contributed by atoms with E-state index in [1.54, 1.807) is 4.90 Å². The molecule has 3 N–H and O–H groups in total. The van der Waals surface area contributed by atoms with Crippen molar-refractivity contribution in [3.63, 3.8) is 0 Å². The van der Waals surface area contributed by atoms with E-state index >= 15 is 0 Å². The number of unbranched alkanes of at least 4 members (excludes halogenated alkanes) is 1. The highest BCUT2D eigenvalue weighted by atomic mass is 32.2. The Labute approximate surface area is 204 Å². The van der Waals surface area contributed by atoms with Crippen LogP contribution in [0.25, 0.3) is 28.4 Å². The van der Waals surface area contributed by atoms with Gasteiger partial charge in [0.05, 0.1) is 10.4 Å². The summed E-state index contributed by atoms with van der Waals surface area (Å²) in [5.41, 5.74) is 8.62. The Kier molecular flexibility index (Phi) is 6.28. The number of fused-ring (bicyclic) bond motifs is 1. The van der Waals surface area contributed by atoms with Crippen LogP contribution in [0.1, 0.15) is 24.2 Å². The smallest absolute Gasteiger partial charge is 0.266 e. The zero-order valence-electron chi connectivity index (χ0n) is 18.0. The molecule has 4 aromatic rings. The van der Waals surface area contributed by atoms with Crippen molar-refractivity contribution in [2.45, 2.75) is 19.3 Å². The van der Waals surface area contributed by atoms with Crippen molar-refractivity contribution in [3.8, 4) is 11.4 Å². The maximum Gasteiger partial charge on any atom is 0.266 e. The Morgan fingerprint density at radius 2 is 2.00 bits per heavy atom. The van der Waals surface area contributed by atoms with Gasteiger partial charge in [0.25, 0.3) is 5.91 Å². The number of carbonyl (C=O) groups is 1. The van der Waals surface area contributed by atoms with Crippen molar-refractivity contribution in [3.05, 3.63) is 64.8 Å². The molecule has 1 fully saturated rings. The van der Waals surface area contributed by atoms with E-state index in [-0.39, 0.29) is 5.91 Å². The molecule has 0 unspecified atom stereocenters. The summed E-state index contributed by atoms with van der Waals surface area (Å²) in [6.07, 6.45) is 4.19. The highest BCUT2D eigenvalue weighted by Crippen LogP contribution is 2.33. The topological polar surface area (TPSA) is 127 Å². The quantitative estimate of drug-likeness (QED) is 0.228. The van der Waals surface area contributed by atoms with Crippen LogP contribution in [-0.4, -0.2) is 52.3 Å². The molecule has 9 nitrogen and oxygen atoms in total. The Hall–Kier alpha value is -3.70. The highest BCUT2D eigenvalue weighted by Gasteiger charge is 2.31. The molecule has 0 aliphatic carbocycles. The SMILES string of the molecule is Nc1nc(-c2cccc(C=C3SC(=S)N(CCCCc4nn[nH]n4)C3=O)c2)nc2ccccc12. The van der Waals surface area contributed by atoms with Crippen LogP contribution in [0, 0.1) is 0 Å². The van der Waals surface area contributed by atoms with Crippen LogP contribution < -0.4 is 5.73 Å². The van der Waals surface area contributed by atoms with E-state index in [1.165, 1.54) is 11.8 Å². The average molecular weight is 489 g/mol. The van der Waals surface area contributed by atoms with Crippen molar-refractivity contribution in [1.29, 1.82) is 0 Å². The number of aryl methyl sites for hydroxylation is 1. The second-order valence-corrected chi connectivity index (χ2v) is 9.37. The van der Waals surface area contributed by atoms with E-state index in [0.717, 1.165) is 34.9 Å². The molecule has 0 atom stereocenters. The molecule has 0 radical (unpaired) electrons. The van der Waals surface area contributed by atoms with Gasteiger partial charge in [-0.2, -0.15) is 5.21 Å². The molecule has 0 saturated carbocycles. The zero-order chi connectivity index (χ0) is 23.5. The predicted molar refractivity (Wildman–Crippen MR) is 136 cm³/mol. The van der Waals surface area contributed by atoms with Crippen LogP contribution in [0.3, 0.4) is 0 Å². The number of para-hydroxylation sites is 1. The normalized spacial score (nSPS) is 15.1. The van der Waals surface area contributed by atoms with Gasteiger partial charge in [0.15, 0.2) is 11.6 Å². The van der Waals surface area contributed by atoms with Crippen LogP contribution >= 0.6 is 24.0 Å². The fourth-order valence-electron chi connectivity index (χ4n) is 3.68. The van der Waals surface area contributed by atoms with Gasteiger partial charge in [-0.15, -0.1) is 10.2 Å². The van der Waals surface area contributed by atoms with Crippen LogP contribution in [0.15, 0.2) is 53.4 Å². The number of nitrogens with two attached hydrogens (primary N) is 1. The van der Waals surface area contributed by atoms with Crippen molar-refractivity contribution in [1.82, 2.24) is 35.5 Å². The van der Waals surface area contributed by atoms with Gasteiger partial charge in [0.2, 0.25) is 0 Å². The molecule has 3 heterocycles. The summed E-state index contributed by atoms with van der Waals surface area (Å²) in [5.74, 6) is 1.57. The van der Waals surface area contributed by atoms with Gasteiger partial charge in [0, 0.05) is 23.9 Å². The number of tetrazole rings is 1. The van der Waals surface area contributed by atoms with Crippen molar-refractivity contribution < 1.29 is 4.79 Å². The molecule has 2 aromatic carbocycles. The van der Waals surface area contributed by atoms with E-state index in [9.17, 15) is 4.79 Å². The molecule has 34 heavy (non-hydrogen) atoms. The van der Waals surface area contributed by atoms with Crippen molar-refractivity contribution >= 4 is 57.0 Å². The Morgan fingerprint density at radius 3 is 2.85 bits per heavy atom. The number of H-pyrrole nitrogens is 1. The van der Waals surface area contributed by atoms with Gasteiger partial charge >= 0.3 is 0 Å². The number of amides is 1. The van der Waals surface area contributed by atoms with Gasteiger partial charge in [-0.1, -0.05) is 59.5 Å². The van der Waals surface area contributed by atoms with E-state index in [4.69, 9.17) is 18.0 Å². The lowest BCUT2D eigenvalue weighted by Crippen LogP contribution is -2.29. The van der Waals surface area contributed by atoms with Gasteiger partial charge < -0.3 is 5.73 Å². The van der Waals surface area contributed by atoms with Crippen LogP contribution in [-0.2, 0) is 11.2 Å². The molecular weight excluding hydrogens is 468 g/mol. The van der Waals surface area contributed by atoms with Gasteiger partial charge in [-0.05, 0) is 42.7 Å². The second-order valence-electron chi connectivity index (χ2n) is 7.69. The van der Waals surface area contributed by atoms with Crippen LogP contribution in [0.4, 0.5) is 5.82 Å². The third-order valence-corrected chi connectivity index (χ3v) is 6.75. The van der Waals surface area contributed by atoms with Crippen molar-refractivity contribution in [2.75, 3.05) is 12.3 Å². The molecule has 1 aliphatic heterocycles. The standard InChI is InChI=1S/C23H20N8OS2/c24-20-16-8-1-2-9-17(16)25-21(26-20)15-7-5-6-14(12-15)13-18-22(32)31(23(33)34-18)11-4-3-10-19-27-29-30-28-19/h1-2,5-9,12-13H,3-4,10-11H2,(H2,24,25,26)(H,27,28,29,30). The fourth-order valence-corrected chi connectivity index (χ4v) is 4.99. The summed E-state index contributed by atoms with van der Waals surface area (Å²) in [4.78, 5) is 24.3. The number of nitrogens with zero attached hydrogens (tertiary/aromatic N) is 6. The molecule has 170 valence electrons. The van der Waals surface area contributed by atoms with Crippen LogP contribution in [0.5, 0.6) is 0 Å². The molecule has 1 amide bonds. The number of carbonyl (C=O) groups excluding carboxylic acids is 1. The van der Waals surface area contributed by atoms with E-state index in [2.05, 4.69) is 30.6 Å². The summed E-state index contributed by atoms with van der Waals surface area (Å²) in [6.45, 7) is 0.560. The Bertz CT molecular complexity index is 1400. The largest absolute Gasteiger partial charge is 0.383 e. The monoisotopic (exact) mass is 488 g/mol. The molecule has 0 bridgehead atoms. The second kappa shape index (κ2) is 9.65.